The molecule has 1 heterocycles. The van der Waals surface area contributed by atoms with Gasteiger partial charge in [-0.15, -0.1) is 0 Å². The zero-order valence-corrected chi connectivity index (χ0v) is 17.8. The molecule has 0 atom stereocenters. The Hall–Kier alpha value is -1.35. The number of nitrogens with one attached hydrogen (secondary N) is 1. The molecule has 0 bridgehead atoms. The SMILES string of the molecule is O=C(CN1CCN(S(=O)(=O)c2ccccc2)CC1)Nc1c(Cl)cc(Cl)cc1Cl. The molecule has 0 unspecified atom stereocenters. The predicted molar refractivity (Wildman–Crippen MR) is 112 cm³/mol. The topological polar surface area (TPSA) is 69.7 Å². The Balaban J connectivity index is 1.57. The average molecular weight is 463 g/mol. The first kappa shape index (κ1) is 21.4. The Bertz CT molecular complexity index is 940. The number of nitrogens with zero attached hydrogens (tertiary/aromatic N) is 2. The molecule has 0 radical (unpaired) electrons. The number of benzene rings is 2. The number of amides is 1. The highest BCUT2D eigenvalue weighted by molar-refractivity contribution is 7.89. The fourth-order valence-electron chi connectivity index (χ4n) is 2.91. The molecule has 6 nitrogen and oxygen atoms in total. The number of carbonyl (C=O) groups is 1. The first-order chi connectivity index (χ1) is 13.3. The molecule has 0 spiro atoms. The van der Waals surface area contributed by atoms with Gasteiger partial charge in [-0.05, 0) is 24.3 Å². The predicted octanol–water partition coefficient (Wildman–Crippen LogP) is 3.59. The Labute approximate surface area is 179 Å². The van der Waals surface area contributed by atoms with Crippen LogP contribution in [0.3, 0.4) is 0 Å². The monoisotopic (exact) mass is 461 g/mol. The van der Waals surface area contributed by atoms with E-state index in [9.17, 15) is 13.2 Å². The van der Waals surface area contributed by atoms with E-state index in [4.69, 9.17) is 34.8 Å². The van der Waals surface area contributed by atoms with E-state index in [0.29, 0.717) is 36.9 Å². The molecule has 2 aromatic rings. The van der Waals surface area contributed by atoms with E-state index in [2.05, 4.69) is 5.32 Å². The van der Waals surface area contributed by atoms with Gasteiger partial charge in [-0.1, -0.05) is 53.0 Å². The van der Waals surface area contributed by atoms with E-state index in [-0.39, 0.29) is 27.4 Å². The van der Waals surface area contributed by atoms with Gasteiger partial charge in [-0.3, -0.25) is 9.69 Å². The summed E-state index contributed by atoms with van der Waals surface area (Å²) in [4.78, 5) is 14.5. The molecule has 28 heavy (non-hydrogen) atoms. The van der Waals surface area contributed by atoms with Crippen LogP contribution in [0.1, 0.15) is 0 Å². The minimum absolute atomic E-state index is 0.106. The van der Waals surface area contributed by atoms with E-state index in [1.807, 2.05) is 4.90 Å². The summed E-state index contributed by atoms with van der Waals surface area (Å²) < 4.78 is 26.7. The summed E-state index contributed by atoms with van der Waals surface area (Å²) in [6.45, 7) is 1.62. The van der Waals surface area contributed by atoms with Gasteiger partial charge >= 0.3 is 0 Å². The first-order valence-electron chi connectivity index (χ1n) is 8.49. The summed E-state index contributed by atoms with van der Waals surface area (Å²) >= 11 is 18.0. The summed E-state index contributed by atoms with van der Waals surface area (Å²) in [6.07, 6.45) is 0. The van der Waals surface area contributed by atoms with E-state index in [1.54, 1.807) is 30.3 Å². The van der Waals surface area contributed by atoms with Crippen molar-refractivity contribution in [3.05, 3.63) is 57.5 Å². The molecule has 0 saturated carbocycles. The zero-order valence-electron chi connectivity index (χ0n) is 14.7. The third kappa shape index (κ3) is 4.97. The van der Waals surface area contributed by atoms with Gasteiger partial charge in [0.15, 0.2) is 0 Å². The molecule has 1 saturated heterocycles. The fraction of sp³-hybridized carbons (Fsp3) is 0.278. The third-order valence-corrected chi connectivity index (χ3v) is 7.08. The van der Waals surface area contributed by atoms with Crippen LogP contribution >= 0.6 is 34.8 Å². The molecule has 3 rings (SSSR count). The second kappa shape index (κ2) is 8.98. The fourth-order valence-corrected chi connectivity index (χ4v) is 5.27. The standard InChI is InChI=1S/C18H18Cl3N3O3S/c19-13-10-15(20)18(16(21)11-13)22-17(25)12-23-6-8-24(9-7-23)28(26,27)14-4-2-1-3-5-14/h1-5,10-11H,6-9,12H2,(H,22,25). The number of halogens is 3. The second-order valence-corrected chi connectivity index (χ2v) is 9.47. The molecule has 0 aromatic heterocycles. The van der Waals surface area contributed by atoms with Crippen LogP contribution in [-0.2, 0) is 14.8 Å². The zero-order chi connectivity index (χ0) is 20.3. The van der Waals surface area contributed by atoms with Crippen LogP contribution in [0.15, 0.2) is 47.4 Å². The minimum atomic E-state index is -3.52. The van der Waals surface area contributed by atoms with Gasteiger partial charge in [0.2, 0.25) is 15.9 Å². The van der Waals surface area contributed by atoms with Gasteiger partial charge < -0.3 is 5.32 Å². The maximum Gasteiger partial charge on any atom is 0.243 e. The summed E-state index contributed by atoms with van der Waals surface area (Å²) in [5.74, 6) is -0.287. The largest absolute Gasteiger partial charge is 0.322 e. The second-order valence-electron chi connectivity index (χ2n) is 6.29. The number of sulfonamides is 1. The smallest absolute Gasteiger partial charge is 0.243 e. The van der Waals surface area contributed by atoms with Crippen molar-refractivity contribution in [2.75, 3.05) is 38.0 Å². The quantitative estimate of drug-likeness (QED) is 0.737. The van der Waals surface area contributed by atoms with Crippen LogP contribution < -0.4 is 5.32 Å². The lowest BCUT2D eigenvalue weighted by atomic mass is 10.3. The Morgan fingerprint density at radius 2 is 1.54 bits per heavy atom. The van der Waals surface area contributed by atoms with Crippen molar-refractivity contribution in [1.29, 1.82) is 0 Å². The number of hydrogen-bond donors (Lipinski definition) is 1. The maximum atomic E-state index is 12.6. The number of rotatable bonds is 5. The first-order valence-corrected chi connectivity index (χ1v) is 11.1. The van der Waals surface area contributed by atoms with Gasteiger partial charge in [-0.25, -0.2) is 8.42 Å². The van der Waals surface area contributed by atoms with Gasteiger partial charge in [0.05, 0.1) is 27.2 Å². The Morgan fingerprint density at radius 1 is 0.964 bits per heavy atom. The van der Waals surface area contributed by atoms with Gasteiger partial charge in [-0.2, -0.15) is 4.31 Å². The van der Waals surface area contributed by atoms with Crippen LogP contribution in [-0.4, -0.2) is 56.3 Å². The molecule has 0 aliphatic carbocycles. The van der Waals surface area contributed by atoms with Crippen molar-refractivity contribution < 1.29 is 13.2 Å². The molecule has 2 aromatic carbocycles. The summed E-state index contributed by atoms with van der Waals surface area (Å²) in [5.41, 5.74) is 0.308. The van der Waals surface area contributed by atoms with Crippen LogP contribution in [0.4, 0.5) is 5.69 Å². The number of carbonyl (C=O) groups excluding carboxylic acids is 1. The highest BCUT2D eigenvalue weighted by Gasteiger charge is 2.29. The molecular weight excluding hydrogens is 445 g/mol. The summed E-state index contributed by atoms with van der Waals surface area (Å²) in [5, 5.41) is 3.57. The summed E-state index contributed by atoms with van der Waals surface area (Å²) in [6, 6.07) is 11.3. The lowest BCUT2D eigenvalue weighted by Gasteiger charge is -2.33. The lowest BCUT2D eigenvalue weighted by Crippen LogP contribution is -2.50. The Morgan fingerprint density at radius 3 is 2.11 bits per heavy atom. The normalized spacial score (nSPS) is 16.1. The minimum Gasteiger partial charge on any atom is -0.322 e. The molecule has 10 heteroatoms. The van der Waals surface area contributed by atoms with Crippen LogP contribution in [0.5, 0.6) is 0 Å². The lowest BCUT2D eigenvalue weighted by molar-refractivity contribution is -0.117. The molecule has 1 aliphatic heterocycles. The highest BCUT2D eigenvalue weighted by Crippen LogP contribution is 2.33. The van der Waals surface area contributed by atoms with E-state index in [0.717, 1.165) is 0 Å². The van der Waals surface area contributed by atoms with Crippen LogP contribution in [0, 0.1) is 0 Å². The highest BCUT2D eigenvalue weighted by atomic mass is 35.5. The van der Waals surface area contributed by atoms with Gasteiger partial charge in [0, 0.05) is 31.2 Å². The number of hydrogen-bond acceptors (Lipinski definition) is 4. The van der Waals surface area contributed by atoms with Crippen LogP contribution in [0.25, 0.3) is 0 Å². The number of anilines is 1. The van der Waals surface area contributed by atoms with E-state index >= 15 is 0 Å². The van der Waals surface area contributed by atoms with Gasteiger partial charge in [0.1, 0.15) is 0 Å². The Kier molecular flexibility index (Phi) is 6.85. The van der Waals surface area contributed by atoms with Crippen molar-refractivity contribution in [1.82, 2.24) is 9.21 Å². The molecular formula is C18H18Cl3N3O3S. The van der Waals surface area contributed by atoms with Crippen molar-refractivity contribution in [2.24, 2.45) is 0 Å². The molecule has 150 valence electrons. The van der Waals surface area contributed by atoms with Crippen molar-refractivity contribution in [3.63, 3.8) is 0 Å². The van der Waals surface area contributed by atoms with Crippen molar-refractivity contribution in [2.45, 2.75) is 4.90 Å². The number of piperazine rings is 1. The van der Waals surface area contributed by atoms with E-state index < -0.39 is 10.0 Å². The molecule has 1 amide bonds. The van der Waals surface area contributed by atoms with Crippen LogP contribution in [0.2, 0.25) is 15.1 Å². The van der Waals surface area contributed by atoms with Crippen molar-refractivity contribution >= 4 is 56.4 Å². The molecule has 1 fully saturated rings. The maximum absolute atomic E-state index is 12.6. The van der Waals surface area contributed by atoms with E-state index in [1.165, 1.54) is 16.4 Å². The third-order valence-electron chi connectivity index (χ3n) is 4.35. The summed E-state index contributed by atoms with van der Waals surface area (Å²) in [7, 11) is -3.52. The average Bonchev–Trinajstić information content (AvgIpc) is 2.66. The molecule has 1 N–H and O–H groups in total. The van der Waals surface area contributed by atoms with Gasteiger partial charge in [0.25, 0.3) is 0 Å². The molecule has 1 aliphatic rings. The van der Waals surface area contributed by atoms with Crippen molar-refractivity contribution in [3.8, 4) is 0 Å².